The zero-order valence-electron chi connectivity index (χ0n) is 16.2. The highest BCUT2D eigenvalue weighted by Gasteiger charge is 2.29. The first-order valence-electron chi connectivity index (χ1n) is 9.11. The number of methoxy groups -OCH3 is 1. The molecular formula is C20H30N2O4. The van der Waals surface area contributed by atoms with Crippen LogP contribution in [0, 0.1) is 5.92 Å². The smallest absolute Gasteiger partial charge is 0.410 e. The van der Waals surface area contributed by atoms with Crippen molar-refractivity contribution in [1.29, 1.82) is 0 Å². The van der Waals surface area contributed by atoms with Crippen LogP contribution in [-0.4, -0.2) is 42.7 Å². The summed E-state index contributed by atoms with van der Waals surface area (Å²) in [5.41, 5.74) is 1.64. The molecule has 0 unspecified atom stereocenters. The Kier molecular flexibility index (Phi) is 7.03. The lowest BCUT2D eigenvalue weighted by Gasteiger charge is -2.33. The average Bonchev–Trinajstić information content (AvgIpc) is 2.59. The van der Waals surface area contributed by atoms with Gasteiger partial charge in [0.2, 0.25) is 5.91 Å². The first-order valence-corrected chi connectivity index (χ1v) is 9.11. The zero-order chi connectivity index (χ0) is 19.2. The van der Waals surface area contributed by atoms with Gasteiger partial charge >= 0.3 is 6.09 Å². The number of piperidine rings is 1. The maximum atomic E-state index is 12.5. The van der Waals surface area contributed by atoms with Crippen molar-refractivity contribution in [3.63, 3.8) is 0 Å². The maximum Gasteiger partial charge on any atom is 0.410 e. The summed E-state index contributed by atoms with van der Waals surface area (Å²) in [4.78, 5) is 26.2. The number of hydrogen-bond acceptors (Lipinski definition) is 4. The molecule has 0 spiro atoms. The molecule has 0 atom stereocenters. The summed E-state index contributed by atoms with van der Waals surface area (Å²) < 4.78 is 10.6. The number of carbonyl (C=O) groups excluding carboxylic acids is 2. The molecule has 1 fully saturated rings. The first kappa shape index (κ1) is 20.2. The van der Waals surface area contributed by atoms with E-state index in [4.69, 9.17) is 9.47 Å². The summed E-state index contributed by atoms with van der Waals surface area (Å²) in [6, 6.07) is 7.93. The molecule has 6 nitrogen and oxygen atoms in total. The predicted octanol–water partition coefficient (Wildman–Crippen LogP) is 3.10. The van der Waals surface area contributed by atoms with Crippen LogP contribution in [0.25, 0.3) is 0 Å². The van der Waals surface area contributed by atoms with Gasteiger partial charge in [-0.3, -0.25) is 4.79 Å². The number of nitrogens with one attached hydrogen (secondary N) is 1. The normalized spacial score (nSPS) is 15.6. The number of carbonyl (C=O) groups is 2. The highest BCUT2D eigenvalue weighted by Crippen LogP contribution is 2.20. The standard InChI is InChI=1S/C20H30N2O4/c1-20(2,3)26-19(24)22-11-9-15(10-12-22)18(23)21-13-16-7-5-6-8-17(16)14-25-4/h5-8,15H,9-14H2,1-4H3,(H,21,23). The lowest BCUT2D eigenvalue weighted by atomic mass is 9.96. The maximum absolute atomic E-state index is 12.5. The van der Waals surface area contributed by atoms with E-state index in [0.29, 0.717) is 39.1 Å². The van der Waals surface area contributed by atoms with E-state index in [1.54, 1.807) is 12.0 Å². The van der Waals surface area contributed by atoms with Crippen LogP contribution in [-0.2, 0) is 27.4 Å². The summed E-state index contributed by atoms with van der Waals surface area (Å²) in [5.74, 6) is -0.0238. The van der Waals surface area contributed by atoms with Gasteiger partial charge in [0.25, 0.3) is 0 Å². The van der Waals surface area contributed by atoms with E-state index < -0.39 is 5.60 Å². The molecule has 1 aliphatic heterocycles. The number of rotatable bonds is 5. The number of likely N-dealkylation sites (tertiary alicyclic amines) is 1. The van der Waals surface area contributed by atoms with Crippen LogP contribution in [0.4, 0.5) is 4.79 Å². The van der Waals surface area contributed by atoms with Gasteiger partial charge in [-0.05, 0) is 44.7 Å². The minimum absolute atomic E-state index is 0.0426. The average molecular weight is 362 g/mol. The van der Waals surface area contributed by atoms with Gasteiger partial charge in [0, 0.05) is 32.7 Å². The molecule has 2 amide bonds. The van der Waals surface area contributed by atoms with E-state index in [-0.39, 0.29) is 17.9 Å². The van der Waals surface area contributed by atoms with Crippen LogP contribution in [0.5, 0.6) is 0 Å². The Labute approximate surface area is 155 Å². The third-order valence-electron chi connectivity index (χ3n) is 4.39. The lowest BCUT2D eigenvalue weighted by molar-refractivity contribution is -0.126. The molecule has 1 aliphatic rings. The molecule has 0 saturated carbocycles. The van der Waals surface area contributed by atoms with Gasteiger partial charge in [-0.1, -0.05) is 24.3 Å². The second-order valence-electron chi connectivity index (χ2n) is 7.66. The minimum atomic E-state index is -0.499. The Balaban J connectivity index is 1.81. The topological polar surface area (TPSA) is 67.9 Å². The van der Waals surface area contributed by atoms with Crippen molar-refractivity contribution >= 4 is 12.0 Å². The fraction of sp³-hybridized carbons (Fsp3) is 0.600. The van der Waals surface area contributed by atoms with E-state index in [9.17, 15) is 9.59 Å². The Morgan fingerprint density at radius 3 is 2.35 bits per heavy atom. The van der Waals surface area contributed by atoms with E-state index in [1.165, 1.54) is 0 Å². The highest BCUT2D eigenvalue weighted by molar-refractivity contribution is 5.79. The Hall–Kier alpha value is -2.08. The van der Waals surface area contributed by atoms with Crippen molar-refractivity contribution in [2.75, 3.05) is 20.2 Å². The van der Waals surface area contributed by atoms with Gasteiger partial charge < -0.3 is 19.7 Å². The summed E-state index contributed by atoms with van der Waals surface area (Å²) in [6.45, 7) is 7.68. The van der Waals surface area contributed by atoms with Crippen molar-refractivity contribution in [2.24, 2.45) is 5.92 Å². The van der Waals surface area contributed by atoms with Gasteiger partial charge in [-0.25, -0.2) is 4.79 Å². The third kappa shape index (κ3) is 6.02. The highest BCUT2D eigenvalue weighted by atomic mass is 16.6. The summed E-state index contributed by atoms with van der Waals surface area (Å²) in [6.07, 6.45) is 1.01. The first-order chi connectivity index (χ1) is 12.3. The number of hydrogen-bond donors (Lipinski definition) is 1. The molecular weight excluding hydrogens is 332 g/mol. The number of amides is 2. The summed E-state index contributed by atoms with van der Waals surface area (Å²) in [5, 5.41) is 3.02. The number of benzene rings is 1. The molecule has 0 radical (unpaired) electrons. The van der Waals surface area contributed by atoms with Crippen molar-refractivity contribution < 1.29 is 19.1 Å². The van der Waals surface area contributed by atoms with E-state index in [2.05, 4.69) is 5.32 Å². The predicted molar refractivity (Wildman–Crippen MR) is 99.5 cm³/mol. The van der Waals surface area contributed by atoms with E-state index in [1.807, 2.05) is 45.0 Å². The molecule has 1 aromatic carbocycles. The molecule has 0 aromatic heterocycles. The van der Waals surface area contributed by atoms with Crippen LogP contribution >= 0.6 is 0 Å². The molecule has 1 saturated heterocycles. The van der Waals surface area contributed by atoms with Crippen LogP contribution in [0.3, 0.4) is 0 Å². The van der Waals surface area contributed by atoms with E-state index in [0.717, 1.165) is 11.1 Å². The van der Waals surface area contributed by atoms with E-state index >= 15 is 0 Å². The second kappa shape index (κ2) is 9.03. The fourth-order valence-electron chi connectivity index (χ4n) is 3.00. The lowest BCUT2D eigenvalue weighted by Crippen LogP contribution is -2.44. The largest absolute Gasteiger partial charge is 0.444 e. The zero-order valence-corrected chi connectivity index (χ0v) is 16.2. The van der Waals surface area contributed by atoms with Gasteiger partial charge in [0.15, 0.2) is 0 Å². The Morgan fingerprint density at radius 1 is 1.15 bits per heavy atom. The van der Waals surface area contributed by atoms with Crippen molar-refractivity contribution in [3.8, 4) is 0 Å². The molecule has 1 N–H and O–H groups in total. The van der Waals surface area contributed by atoms with Crippen LogP contribution in [0.15, 0.2) is 24.3 Å². The van der Waals surface area contributed by atoms with Crippen LogP contribution in [0.1, 0.15) is 44.7 Å². The van der Waals surface area contributed by atoms with Crippen LogP contribution < -0.4 is 5.32 Å². The fourth-order valence-corrected chi connectivity index (χ4v) is 3.00. The quantitative estimate of drug-likeness (QED) is 0.874. The molecule has 144 valence electrons. The second-order valence-corrected chi connectivity index (χ2v) is 7.66. The molecule has 0 bridgehead atoms. The van der Waals surface area contributed by atoms with Gasteiger partial charge in [-0.15, -0.1) is 0 Å². The van der Waals surface area contributed by atoms with Crippen LogP contribution in [0.2, 0.25) is 0 Å². The summed E-state index contributed by atoms with van der Waals surface area (Å²) in [7, 11) is 1.66. The minimum Gasteiger partial charge on any atom is -0.444 e. The van der Waals surface area contributed by atoms with Gasteiger partial charge in [0.1, 0.15) is 5.60 Å². The van der Waals surface area contributed by atoms with Crippen molar-refractivity contribution in [3.05, 3.63) is 35.4 Å². The van der Waals surface area contributed by atoms with Gasteiger partial charge in [0.05, 0.1) is 6.61 Å². The molecule has 1 heterocycles. The number of nitrogens with zero attached hydrogens (tertiary/aromatic N) is 1. The monoisotopic (exact) mass is 362 g/mol. The number of ether oxygens (including phenoxy) is 2. The SMILES string of the molecule is COCc1ccccc1CNC(=O)C1CCN(C(=O)OC(C)(C)C)CC1. The molecule has 6 heteroatoms. The van der Waals surface area contributed by atoms with Gasteiger partial charge in [-0.2, -0.15) is 0 Å². The molecule has 0 aliphatic carbocycles. The van der Waals surface area contributed by atoms with Crippen molar-refractivity contribution in [2.45, 2.75) is 52.4 Å². The molecule has 1 aromatic rings. The van der Waals surface area contributed by atoms with Crippen molar-refractivity contribution in [1.82, 2.24) is 10.2 Å². The third-order valence-corrected chi connectivity index (χ3v) is 4.39. The Morgan fingerprint density at radius 2 is 1.77 bits per heavy atom. The summed E-state index contributed by atoms with van der Waals surface area (Å²) >= 11 is 0. The molecule has 2 rings (SSSR count). The molecule has 26 heavy (non-hydrogen) atoms. The Bertz CT molecular complexity index is 616.